The van der Waals surface area contributed by atoms with Crippen LogP contribution in [0.4, 0.5) is 0 Å². The first-order valence-corrected chi connectivity index (χ1v) is 5.21. The minimum atomic E-state index is 0.235. The van der Waals surface area contributed by atoms with Crippen molar-refractivity contribution >= 4 is 5.91 Å². The van der Waals surface area contributed by atoms with Crippen LogP contribution in [-0.4, -0.2) is 47.4 Å². The predicted molar refractivity (Wildman–Crippen MR) is 51.4 cm³/mol. The van der Waals surface area contributed by atoms with Crippen LogP contribution < -0.4 is 0 Å². The smallest absolute Gasteiger partial charge is 0.219 e. The Labute approximate surface area is 79.7 Å². The lowest BCUT2D eigenvalue weighted by atomic mass is 10.0. The Morgan fingerprint density at radius 2 is 2.08 bits per heavy atom. The maximum atomic E-state index is 11.3. The van der Waals surface area contributed by atoms with E-state index in [1.807, 2.05) is 4.90 Å². The van der Waals surface area contributed by atoms with Crippen LogP contribution in [0.2, 0.25) is 0 Å². The highest BCUT2D eigenvalue weighted by Gasteiger charge is 2.37. The maximum absolute atomic E-state index is 11.3. The number of amides is 1. The highest BCUT2D eigenvalue weighted by Crippen LogP contribution is 2.26. The van der Waals surface area contributed by atoms with Crippen LogP contribution in [0.5, 0.6) is 0 Å². The molecule has 3 heteroatoms. The molecule has 2 saturated heterocycles. The minimum Gasteiger partial charge on any atom is -0.337 e. The van der Waals surface area contributed by atoms with Gasteiger partial charge in [-0.3, -0.25) is 9.69 Å². The summed E-state index contributed by atoms with van der Waals surface area (Å²) in [7, 11) is 0. The van der Waals surface area contributed by atoms with Gasteiger partial charge in [-0.05, 0) is 26.3 Å². The molecule has 0 spiro atoms. The molecule has 2 heterocycles. The van der Waals surface area contributed by atoms with E-state index in [-0.39, 0.29) is 5.91 Å². The lowest BCUT2D eigenvalue weighted by Crippen LogP contribution is -2.57. The molecule has 0 bridgehead atoms. The summed E-state index contributed by atoms with van der Waals surface area (Å²) in [5, 5.41) is 0. The molecule has 0 aromatic carbocycles. The van der Waals surface area contributed by atoms with Crippen LogP contribution in [0, 0.1) is 0 Å². The molecule has 0 aliphatic carbocycles. The van der Waals surface area contributed by atoms with Crippen LogP contribution in [-0.2, 0) is 4.79 Å². The Kier molecular flexibility index (Phi) is 2.28. The van der Waals surface area contributed by atoms with Crippen molar-refractivity contribution in [2.45, 2.75) is 38.8 Å². The summed E-state index contributed by atoms with van der Waals surface area (Å²) >= 11 is 0. The Bertz CT molecular complexity index is 217. The van der Waals surface area contributed by atoms with Gasteiger partial charge >= 0.3 is 0 Å². The molecule has 74 valence electrons. The summed E-state index contributed by atoms with van der Waals surface area (Å²) in [4.78, 5) is 15.9. The zero-order chi connectivity index (χ0) is 9.42. The summed E-state index contributed by atoms with van der Waals surface area (Å²) in [5.74, 6) is 0.235. The Balaban J connectivity index is 2.08. The molecule has 2 rings (SSSR count). The second-order valence-corrected chi connectivity index (χ2v) is 4.20. The van der Waals surface area contributed by atoms with E-state index in [1.54, 1.807) is 6.92 Å². The third-order valence-electron chi connectivity index (χ3n) is 3.50. The molecule has 2 fully saturated rings. The summed E-state index contributed by atoms with van der Waals surface area (Å²) in [6.45, 7) is 7.10. The lowest BCUT2D eigenvalue weighted by molar-refractivity contribution is -0.134. The van der Waals surface area contributed by atoms with Crippen LogP contribution in [0.15, 0.2) is 0 Å². The largest absolute Gasteiger partial charge is 0.337 e. The van der Waals surface area contributed by atoms with E-state index in [2.05, 4.69) is 11.8 Å². The van der Waals surface area contributed by atoms with Crippen LogP contribution >= 0.6 is 0 Å². The quantitative estimate of drug-likeness (QED) is 0.550. The van der Waals surface area contributed by atoms with Crippen LogP contribution in [0.1, 0.15) is 26.7 Å². The summed E-state index contributed by atoms with van der Waals surface area (Å²) in [6.07, 6.45) is 2.58. The first-order chi connectivity index (χ1) is 6.20. The van der Waals surface area contributed by atoms with Crippen molar-refractivity contribution in [2.24, 2.45) is 0 Å². The fraction of sp³-hybridized carbons (Fsp3) is 0.900. The minimum absolute atomic E-state index is 0.235. The molecule has 1 amide bonds. The number of nitrogens with zero attached hydrogens (tertiary/aromatic N) is 2. The highest BCUT2D eigenvalue weighted by atomic mass is 16.2. The van der Waals surface area contributed by atoms with Gasteiger partial charge in [-0.2, -0.15) is 0 Å². The number of carbonyl (C=O) groups is 1. The molecule has 2 atom stereocenters. The zero-order valence-electron chi connectivity index (χ0n) is 8.49. The molecule has 0 aromatic rings. The van der Waals surface area contributed by atoms with Crippen molar-refractivity contribution < 1.29 is 4.79 Å². The first kappa shape index (κ1) is 9.00. The predicted octanol–water partition coefficient (Wildman–Crippen LogP) is 0.701. The molecule has 2 aliphatic heterocycles. The second-order valence-electron chi connectivity index (χ2n) is 4.20. The molecule has 2 unspecified atom stereocenters. The fourth-order valence-corrected chi connectivity index (χ4v) is 2.77. The van der Waals surface area contributed by atoms with Crippen molar-refractivity contribution in [2.75, 3.05) is 19.6 Å². The molecule has 0 aromatic heterocycles. The summed E-state index contributed by atoms with van der Waals surface area (Å²) < 4.78 is 0. The molecule has 2 aliphatic rings. The summed E-state index contributed by atoms with van der Waals surface area (Å²) in [6, 6.07) is 1.06. The van der Waals surface area contributed by atoms with Gasteiger partial charge in [-0.15, -0.1) is 0 Å². The fourth-order valence-electron chi connectivity index (χ4n) is 2.77. The van der Waals surface area contributed by atoms with Crippen molar-refractivity contribution in [3.8, 4) is 0 Å². The van der Waals surface area contributed by atoms with Gasteiger partial charge in [0.25, 0.3) is 0 Å². The maximum Gasteiger partial charge on any atom is 0.219 e. The normalized spacial score (nSPS) is 34.8. The van der Waals surface area contributed by atoms with Crippen molar-refractivity contribution in [3.05, 3.63) is 0 Å². The number of hydrogen-bond donors (Lipinski definition) is 0. The van der Waals surface area contributed by atoms with E-state index in [0.717, 1.165) is 13.1 Å². The third-order valence-corrected chi connectivity index (χ3v) is 3.50. The van der Waals surface area contributed by atoms with E-state index < -0.39 is 0 Å². The van der Waals surface area contributed by atoms with Crippen molar-refractivity contribution in [1.82, 2.24) is 9.80 Å². The van der Waals surface area contributed by atoms with Gasteiger partial charge in [0.1, 0.15) is 0 Å². The molecule has 3 nitrogen and oxygen atoms in total. The number of hydrogen-bond acceptors (Lipinski definition) is 2. The average Bonchev–Trinajstić information content (AvgIpc) is 2.52. The molecule has 0 radical (unpaired) electrons. The SMILES string of the molecule is CC(=O)N1CCN2CCCC2C1C. The van der Waals surface area contributed by atoms with Crippen molar-refractivity contribution in [3.63, 3.8) is 0 Å². The molecular formula is C10H18N2O. The number of carbonyl (C=O) groups excluding carboxylic acids is 1. The van der Waals surface area contributed by atoms with E-state index in [4.69, 9.17) is 0 Å². The highest BCUT2D eigenvalue weighted by molar-refractivity contribution is 5.73. The standard InChI is InChI=1S/C10H18N2O/c1-8-10-4-3-5-11(10)6-7-12(8)9(2)13/h8,10H,3-7H2,1-2H3. The van der Waals surface area contributed by atoms with Gasteiger partial charge in [-0.1, -0.05) is 0 Å². The number of piperazine rings is 1. The van der Waals surface area contributed by atoms with Gasteiger partial charge in [0.2, 0.25) is 5.91 Å². The Morgan fingerprint density at radius 3 is 2.77 bits per heavy atom. The monoisotopic (exact) mass is 182 g/mol. The molecule has 0 N–H and O–H groups in total. The lowest BCUT2D eigenvalue weighted by Gasteiger charge is -2.42. The Hall–Kier alpha value is -0.570. The first-order valence-electron chi connectivity index (χ1n) is 5.21. The Morgan fingerprint density at radius 1 is 1.31 bits per heavy atom. The summed E-state index contributed by atoms with van der Waals surface area (Å²) in [5.41, 5.74) is 0. The van der Waals surface area contributed by atoms with Gasteiger partial charge < -0.3 is 4.90 Å². The molecule has 13 heavy (non-hydrogen) atoms. The van der Waals surface area contributed by atoms with E-state index in [1.165, 1.54) is 19.4 Å². The molecular weight excluding hydrogens is 164 g/mol. The van der Waals surface area contributed by atoms with E-state index in [9.17, 15) is 4.79 Å². The number of rotatable bonds is 0. The molecule has 0 saturated carbocycles. The van der Waals surface area contributed by atoms with Crippen LogP contribution in [0.3, 0.4) is 0 Å². The van der Waals surface area contributed by atoms with Gasteiger partial charge in [0.15, 0.2) is 0 Å². The third kappa shape index (κ3) is 1.46. The van der Waals surface area contributed by atoms with Crippen molar-refractivity contribution in [1.29, 1.82) is 0 Å². The van der Waals surface area contributed by atoms with Gasteiger partial charge in [0, 0.05) is 32.1 Å². The van der Waals surface area contributed by atoms with Gasteiger partial charge in [0.05, 0.1) is 0 Å². The van der Waals surface area contributed by atoms with Gasteiger partial charge in [-0.25, -0.2) is 0 Å². The van der Waals surface area contributed by atoms with Crippen LogP contribution in [0.25, 0.3) is 0 Å². The zero-order valence-corrected chi connectivity index (χ0v) is 8.49. The number of fused-ring (bicyclic) bond motifs is 1. The van der Waals surface area contributed by atoms with E-state index in [0.29, 0.717) is 12.1 Å². The van der Waals surface area contributed by atoms with E-state index >= 15 is 0 Å². The second kappa shape index (κ2) is 3.29. The average molecular weight is 182 g/mol. The topological polar surface area (TPSA) is 23.6 Å².